The number of anilines is 1. The van der Waals surface area contributed by atoms with E-state index in [-0.39, 0.29) is 35.6 Å². The van der Waals surface area contributed by atoms with Gasteiger partial charge in [0.25, 0.3) is 5.91 Å². The molecule has 0 aliphatic heterocycles. The van der Waals surface area contributed by atoms with Gasteiger partial charge in [0.1, 0.15) is 11.9 Å². The molecule has 0 aromatic carbocycles. The van der Waals surface area contributed by atoms with Gasteiger partial charge < -0.3 is 15.4 Å². The van der Waals surface area contributed by atoms with E-state index < -0.39 is 0 Å². The number of nitrogens with one attached hydrogen (secondary N) is 2. The molecule has 3 rings (SSSR count). The summed E-state index contributed by atoms with van der Waals surface area (Å²) in [5.74, 6) is 3.32. The average Bonchev–Trinajstić information content (AvgIpc) is 3.62. The van der Waals surface area contributed by atoms with E-state index in [1.807, 2.05) is 35.5 Å². The van der Waals surface area contributed by atoms with Crippen LogP contribution in [0.2, 0.25) is 0 Å². The van der Waals surface area contributed by atoms with Crippen molar-refractivity contribution in [1.82, 2.24) is 24.9 Å². The van der Waals surface area contributed by atoms with Crippen LogP contribution in [-0.2, 0) is 16.8 Å². The van der Waals surface area contributed by atoms with Gasteiger partial charge in [-0.3, -0.25) is 9.48 Å². The zero-order valence-electron chi connectivity index (χ0n) is 25.0. The van der Waals surface area contributed by atoms with Crippen molar-refractivity contribution in [3.63, 3.8) is 0 Å². The van der Waals surface area contributed by atoms with Gasteiger partial charge >= 0.3 is 6.09 Å². The maximum absolute atomic E-state index is 13.1. The summed E-state index contributed by atoms with van der Waals surface area (Å²) in [6, 6.07) is 2.00. The maximum Gasteiger partial charge on any atom is 0.407 e. The van der Waals surface area contributed by atoms with Crippen molar-refractivity contribution in [2.75, 3.05) is 5.32 Å². The Balaban J connectivity index is 1.52. The second-order valence-electron chi connectivity index (χ2n) is 12.2. The summed E-state index contributed by atoms with van der Waals surface area (Å²) >= 11 is 0. The fourth-order valence-electron chi connectivity index (χ4n) is 5.11. The topological polar surface area (TPSA) is 103 Å². The number of hydrogen-bond donors (Lipinski definition) is 2. The highest BCUT2D eigenvalue weighted by atomic mass is 16.6. The van der Waals surface area contributed by atoms with E-state index in [1.54, 1.807) is 6.20 Å². The Bertz CT molecular complexity index is 1140. The number of rotatable bonds is 14. The molecule has 40 heavy (non-hydrogen) atoms. The normalized spacial score (nSPS) is 17.1. The molecule has 1 aliphatic carbocycles. The molecule has 0 unspecified atom stereocenters. The van der Waals surface area contributed by atoms with E-state index in [4.69, 9.17) is 16.3 Å². The first-order chi connectivity index (χ1) is 19.1. The summed E-state index contributed by atoms with van der Waals surface area (Å²) < 4.78 is 9.32. The molecular formula is C31H48N6O3. The van der Waals surface area contributed by atoms with E-state index >= 15 is 0 Å². The molecule has 2 heterocycles. The number of carbonyl (C=O) groups is 2. The first-order valence-corrected chi connectivity index (χ1v) is 14.9. The number of ether oxygens (including phenoxy) is 1. The van der Waals surface area contributed by atoms with E-state index in [1.165, 1.54) is 25.7 Å². The lowest BCUT2D eigenvalue weighted by Crippen LogP contribution is -2.33. The SMILES string of the molecule is C#CCCCCCCCCCn1cc(C(=O)Nc2cc([C@H]3CC[C@@H](OC(=O)NC(C)C)C3)nn2C(C)(C)C)cn1. The lowest BCUT2D eigenvalue weighted by molar-refractivity contribution is 0.0979. The molecule has 0 saturated heterocycles. The number of alkyl carbamates (subject to hydrolysis) is 1. The highest BCUT2D eigenvalue weighted by Crippen LogP contribution is 2.37. The van der Waals surface area contributed by atoms with E-state index in [2.05, 4.69) is 42.4 Å². The molecule has 1 fully saturated rings. The van der Waals surface area contributed by atoms with Crippen LogP contribution in [-0.4, -0.2) is 43.7 Å². The zero-order valence-corrected chi connectivity index (χ0v) is 25.0. The molecule has 2 N–H and O–H groups in total. The predicted octanol–water partition coefficient (Wildman–Crippen LogP) is 6.61. The summed E-state index contributed by atoms with van der Waals surface area (Å²) in [5.41, 5.74) is 1.12. The summed E-state index contributed by atoms with van der Waals surface area (Å²) in [5, 5.41) is 15.1. The second-order valence-corrected chi connectivity index (χ2v) is 12.2. The Morgan fingerprint density at radius 2 is 1.82 bits per heavy atom. The Hall–Kier alpha value is -3.28. The van der Waals surface area contributed by atoms with Crippen LogP contribution < -0.4 is 10.6 Å². The number of carbonyl (C=O) groups excluding carboxylic acids is 2. The number of nitrogens with zero attached hydrogens (tertiary/aromatic N) is 4. The zero-order chi connectivity index (χ0) is 29.1. The number of terminal acetylenes is 1. The second kappa shape index (κ2) is 14.9. The molecule has 0 radical (unpaired) electrons. The van der Waals surface area contributed by atoms with Crippen LogP contribution in [0.4, 0.5) is 10.6 Å². The molecule has 1 saturated carbocycles. The first kappa shape index (κ1) is 31.3. The molecule has 0 bridgehead atoms. The number of unbranched alkanes of at least 4 members (excludes halogenated alkanes) is 7. The Kier molecular flexibility index (Phi) is 11.7. The summed E-state index contributed by atoms with van der Waals surface area (Å²) in [6.45, 7) is 10.8. The Morgan fingerprint density at radius 3 is 2.50 bits per heavy atom. The van der Waals surface area contributed by atoms with Crippen molar-refractivity contribution in [3.05, 3.63) is 29.7 Å². The maximum atomic E-state index is 13.1. The van der Waals surface area contributed by atoms with Crippen molar-refractivity contribution in [1.29, 1.82) is 0 Å². The number of hydrogen-bond acceptors (Lipinski definition) is 5. The monoisotopic (exact) mass is 552 g/mol. The van der Waals surface area contributed by atoms with Gasteiger partial charge in [0.2, 0.25) is 0 Å². The summed E-state index contributed by atoms with van der Waals surface area (Å²) in [4.78, 5) is 25.2. The Morgan fingerprint density at radius 1 is 1.12 bits per heavy atom. The summed E-state index contributed by atoms with van der Waals surface area (Å²) in [7, 11) is 0. The van der Waals surface area contributed by atoms with Crippen LogP contribution in [0, 0.1) is 12.3 Å². The van der Waals surface area contributed by atoms with E-state index in [0.29, 0.717) is 11.4 Å². The van der Waals surface area contributed by atoms with E-state index in [9.17, 15) is 9.59 Å². The molecule has 2 aromatic heterocycles. The molecule has 2 aromatic rings. The Labute approximate surface area is 239 Å². The third-order valence-electron chi connectivity index (χ3n) is 7.19. The minimum atomic E-state index is -0.374. The number of aromatic nitrogens is 4. The van der Waals surface area contributed by atoms with Crippen LogP contribution >= 0.6 is 0 Å². The van der Waals surface area contributed by atoms with Crippen LogP contribution in [0.15, 0.2) is 18.5 Å². The minimum absolute atomic E-state index is 0.0374. The summed E-state index contributed by atoms with van der Waals surface area (Å²) in [6.07, 6.45) is 19.7. The fourth-order valence-corrected chi connectivity index (χ4v) is 5.11. The smallest absolute Gasteiger partial charge is 0.407 e. The van der Waals surface area contributed by atoms with Gasteiger partial charge in [0, 0.05) is 37.2 Å². The lowest BCUT2D eigenvalue weighted by atomic mass is 10.0. The standard InChI is InChI=1S/C31H48N6O3/c1-7-8-9-10-11-12-13-14-15-18-36-22-25(21-32-36)29(38)34-28-20-27(35-37(28)31(4,5)6)24-16-17-26(19-24)40-30(39)33-23(2)3/h1,20-24,26H,8-19H2,2-6H3,(H,33,39)(H,34,38)/t24-,26+/m0/s1. The third-order valence-corrected chi connectivity index (χ3v) is 7.19. The van der Waals surface area contributed by atoms with Crippen molar-refractivity contribution >= 4 is 17.8 Å². The molecule has 9 nitrogen and oxygen atoms in total. The largest absolute Gasteiger partial charge is 0.446 e. The molecular weight excluding hydrogens is 504 g/mol. The number of aryl methyl sites for hydroxylation is 1. The number of amides is 2. The van der Waals surface area contributed by atoms with Gasteiger partial charge in [-0.1, -0.05) is 32.1 Å². The van der Waals surface area contributed by atoms with Crippen molar-refractivity contribution in [3.8, 4) is 12.3 Å². The van der Waals surface area contributed by atoms with Gasteiger partial charge in [0.15, 0.2) is 0 Å². The van der Waals surface area contributed by atoms with Gasteiger partial charge in [-0.25, -0.2) is 9.48 Å². The first-order valence-electron chi connectivity index (χ1n) is 14.9. The van der Waals surface area contributed by atoms with Crippen molar-refractivity contribution < 1.29 is 14.3 Å². The molecule has 2 amide bonds. The lowest BCUT2D eigenvalue weighted by Gasteiger charge is -2.22. The van der Waals surface area contributed by atoms with Crippen molar-refractivity contribution in [2.45, 2.75) is 135 Å². The molecule has 2 atom stereocenters. The third kappa shape index (κ3) is 9.72. The van der Waals surface area contributed by atoms with Crippen LogP contribution in [0.1, 0.15) is 127 Å². The van der Waals surface area contributed by atoms with Gasteiger partial charge in [-0.15, -0.1) is 12.3 Å². The quantitative estimate of drug-likeness (QED) is 0.203. The fraction of sp³-hybridized carbons (Fsp3) is 0.677. The molecule has 1 aliphatic rings. The van der Waals surface area contributed by atoms with Gasteiger partial charge in [-0.05, 0) is 66.7 Å². The van der Waals surface area contributed by atoms with Crippen LogP contribution in [0.25, 0.3) is 0 Å². The highest BCUT2D eigenvalue weighted by Gasteiger charge is 2.32. The van der Waals surface area contributed by atoms with E-state index in [0.717, 1.165) is 57.2 Å². The van der Waals surface area contributed by atoms with Crippen molar-refractivity contribution in [2.24, 2.45) is 0 Å². The predicted molar refractivity (Wildman–Crippen MR) is 158 cm³/mol. The average molecular weight is 553 g/mol. The van der Waals surface area contributed by atoms with Gasteiger partial charge in [-0.2, -0.15) is 10.2 Å². The van der Waals surface area contributed by atoms with Crippen LogP contribution in [0.3, 0.4) is 0 Å². The molecule has 0 spiro atoms. The van der Waals surface area contributed by atoms with Crippen LogP contribution in [0.5, 0.6) is 0 Å². The highest BCUT2D eigenvalue weighted by molar-refractivity contribution is 6.03. The molecule has 9 heteroatoms. The molecule has 220 valence electrons. The van der Waals surface area contributed by atoms with Gasteiger partial charge in [0.05, 0.1) is 23.0 Å². The minimum Gasteiger partial charge on any atom is -0.446 e.